The summed E-state index contributed by atoms with van der Waals surface area (Å²) in [6.45, 7) is 2.05. The van der Waals surface area contributed by atoms with Crippen LogP contribution in [0.4, 0.5) is 4.39 Å². The van der Waals surface area contributed by atoms with Crippen LogP contribution in [-0.4, -0.2) is 37.9 Å². The quantitative estimate of drug-likeness (QED) is 0.727. The number of carbonyl (C=O) groups is 1. The number of aliphatic hydroxyl groups excluding tert-OH is 1. The summed E-state index contributed by atoms with van der Waals surface area (Å²) in [5.41, 5.74) is 0.453. The Morgan fingerprint density at radius 2 is 2.26 bits per heavy atom. The number of aliphatic hydroxyl groups is 1. The monoisotopic (exact) mass is 271 g/mol. The van der Waals surface area contributed by atoms with Gasteiger partial charge in [0.05, 0.1) is 12.7 Å². The number of hydrogen-bond donors (Lipinski definition) is 2. The molecule has 0 aromatic heterocycles. The predicted molar refractivity (Wildman–Crippen MR) is 67.4 cm³/mol. The average Bonchev–Trinajstić information content (AvgIpc) is 2.37. The third-order valence-electron chi connectivity index (χ3n) is 2.43. The lowest BCUT2D eigenvalue weighted by atomic mass is 10.1. The number of benzene rings is 1. The molecule has 0 aliphatic heterocycles. The molecule has 1 amide bonds. The van der Waals surface area contributed by atoms with E-state index in [-0.39, 0.29) is 18.3 Å². The molecular weight excluding hydrogens is 253 g/mol. The molecule has 0 aliphatic carbocycles. The maximum Gasteiger partial charge on any atom is 0.258 e. The first-order valence-corrected chi connectivity index (χ1v) is 5.90. The normalized spacial score (nSPS) is 12.0. The molecule has 0 saturated heterocycles. The fourth-order valence-electron chi connectivity index (χ4n) is 1.38. The van der Waals surface area contributed by atoms with Crippen molar-refractivity contribution >= 4 is 5.91 Å². The number of nitrogens with one attached hydrogen (secondary N) is 1. The van der Waals surface area contributed by atoms with Crippen LogP contribution < -0.4 is 10.1 Å². The highest BCUT2D eigenvalue weighted by Gasteiger charge is 2.09. The highest BCUT2D eigenvalue weighted by atomic mass is 19.1. The number of ether oxygens (including phenoxy) is 2. The Kier molecular flexibility index (Phi) is 6.24. The second-order valence-corrected chi connectivity index (χ2v) is 4.00. The fourth-order valence-corrected chi connectivity index (χ4v) is 1.38. The Balaban J connectivity index is 2.47. The van der Waals surface area contributed by atoms with Crippen LogP contribution in [0.5, 0.6) is 5.75 Å². The van der Waals surface area contributed by atoms with Crippen molar-refractivity contribution in [3.63, 3.8) is 0 Å². The minimum Gasteiger partial charge on any atom is -0.481 e. The van der Waals surface area contributed by atoms with E-state index in [1.165, 1.54) is 19.2 Å². The van der Waals surface area contributed by atoms with E-state index >= 15 is 0 Å². The number of methoxy groups -OCH3 is 1. The molecule has 1 aromatic carbocycles. The van der Waals surface area contributed by atoms with E-state index in [0.717, 1.165) is 0 Å². The topological polar surface area (TPSA) is 67.8 Å². The van der Waals surface area contributed by atoms with Crippen LogP contribution in [0.3, 0.4) is 0 Å². The van der Waals surface area contributed by atoms with Crippen molar-refractivity contribution in [1.29, 1.82) is 0 Å². The van der Waals surface area contributed by atoms with E-state index in [2.05, 4.69) is 5.32 Å². The van der Waals surface area contributed by atoms with E-state index in [9.17, 15) is 14.3 Å². The summed E-state index contributed by atoms with van der Waals surface area (Å²) in [5.74, 6) is -0.981. The number of halogens is 1. The van der Waals surface area contributed by atoms with Crippen LogP contribution in [0.25, 0.3) is 0 Å². The van der Waals surface area contributed by atoms with E-state index < -0.39 is 11.9 Å². The van der Waals surface area contributed by atoms with Gasteiger partial charge in [-0.2, -0.15) is 0 Å². The van der Waals surface area contributed by atoms with Crippen molar-refractivity contribution in [2.24, 2.45) is 0 Å². The zero-order valence-corrected chi connectivity index (χ0v) is 11.0. The Bertz CT molecular complexity index is 423. The minimum atomic E-state index is -0.749. The van der Waals surface area contributed by atoms with Gasteiger partial charge in [-0.1, -0.05) is 6.07 Å². The van der Waals surface area contributed by atoms with Crippen molar-refractivity contribution in [3.8, 4) is 5.75 Å². The summed E-state index contributed by atoms with van der Waals surface area (Å²) in [6, 6.07) is 4.12. The first-order valence-electron chi connectivity index (χ1n) is 5.90. The highest BCUT2D eigenvalue weighted by molar-refractivity contribution is 5.77. The summed E-state index contributed by atoms with van der Waals surface area (Å²) in [5, 5.41) is 11.8. The fraction of sp³-hybridized carbons (Fsp3) is 0.462. The number of carbonyl (C=O) groups excluding carboxylic acids is 1. The predicted octanol–water partition coefficient (Wildman–Crippen LogP) is 1.02. The Labute approximate surface area is 111 Å². The van der Waals surface area contributed by atoms with Gasteiger partial charge in [-0.3, -0.25) is 4.79 Å². The van der Waals surface area contributed by atoms with Crippen molar-refractivity contribution in [3.05, 3.63) is 29.6 Å². The lowest BCUT2D eigenvalue weighted by Crippen LogP contribution is -2.31. The molecule has 0 fully saturated rings. The Hall–Kier alpha value is -1.66. The molecule has 1 rings (SSSR count). The summed E-state index contributed by atoms with van der Waals surface area (Å²) < 4.78 is 23.4. The van der Waals surface area contributed by atoms with Crippen LogP contribution >= 0.6 is 0 Å². The van der Waals surface area contributed by atoms with E-state index in [0.29, 0.717) is 18.7 Å². The molecule has 0 aliphatic rings. The third kappa shape index (κ3) is 5.23. The van der Waals surface area contributed by atoms with Gasteiger partial charge in [0, 0.05) is 13.7 Å². The molecule has 0 heterocycles. The molecule has 0 bridgehead atoms. The molecule has 0 radical (unpaired) electrons. The lowest BCUT2D eigenvalue weighted by Gasteiger charge is -2.10. The SMILES string of the molecule is COCCNC(=O)COc1ccc([C@@H](C)O)cc1F. The van der Waals surface area contributed by atoms with Gasteiger partial charge in [0.15, 0.2) is 18.2 Å². The average molecular weight is 271 g/mol. The summed E-state index contributed by atoms with van der Waals surface area (Å²) in [6.07, 6.45) is -0.749. The maximum absolute atomic E-state index is 13.6. The highest BCUT2D eigenvalue weighted by Crippen LogP contribution is 2.21. The van der Waals surface area contributed by atoms with Gasteiger partial charge in [0.25, 0.3) is 5.91 Å². The largest absolute Gasteiger partial charge is 0.481 e. The summed E-state index contributed by atoms with van der Waals surface area (Å²) in [7, 11) is 1.53. The molecule has 0 unspecified atom stereocenters. The summed E-state index contributed by atoms with van der Waals surface area (Å²) >= 11 is 0. The van der Waals surface area contributed by atoms with Crippen molar-refractivity contribution in [1.82, 2.24) is 5.32 Å². The molecule has 2 N–H and O–H groups in total. The van der Waals surface area contributed by atoms with E-state index in [1.807, 2.05) is 0 Å². The zero-order chi connectivity index (χ0) is 14.3. The lowest BCUT2D eigenvalue weighted by molar-refractivity contribution is -0.123. The molecule has 106 valence electrons. The first-order chi connectivity index (χ1) is 9.04. The molecule has 1 atom stereocenters. The van der Waals surface area contributed by atoms with Gasteiger partial charge in [0.1, 0.15) is 0 Å². The standard InChI is InChI=1S/C13H18FNO4/c1-9(16)10-3-4-12(11(14)7-10)19-8-13(17)15-5-6-18-2/h3-4,7,9,16H,5-6,8H2,1-2H3,(H,15,17)/t9-/m1/s1. The van der Waals surface area contributed by atoms with Crippen molar-refractivity contribution in [2.75, 3.05) is 26.9 Å². The maximum atomic E-state index is 13.6. The number of rotatable bonds is 7. The Morgan fingerprint density at radius 1 is 1.53 bits per heavy atom. The number of hydrogen-bond acceptors (Lipinski definition) is 4. The van der Waals surface area contributed by atoms with Gasteiger partial charge < -0.3 is 19.9 Å². The van der Waals surface area contributed by atoms with Crippen LogP contribution in [0.2, 0.25) is 0 Å². The molecule has 6 heteroatoms. The minimum absolute atomic E-state index is 0.0220. The molecule has 1 aromatic rings. The van der Waals surface area contributed by atoms with E-state index in [4.69, 9.17) is 9.47 Å². The van der Waals surface area contributed by atoms with Gasteiger partial charge in [-0.25, -0.2) is 4.39 Å². The van der Waals surface area contributed by atoms with Crippen LogP contribution in [-0.2, 0) is 9.53 Å². The van der Waals surface area contributed by atoms with Crippen LogP contribution in [0.15, 0.2) is 18.2 Å². The smallest absolute Gasteiger partial charge is 0.258 e. The van der Waals surface area contributed by atoms with Crippen molar-refractivity contribution < 1.29 is 23.8 Å². The Morgan fingerprint density at radius 3 is 2.84 bits per heavy atom. The molecular formula is C13H18FNO4. The van der Waals surface area contributed by atoms with Gasteiger partial charge in [0.2, 0.25) is 0 Å². The van der Waals surface area contributed by atoms with E-state index in [1.54, 1.807) is 13.0 Å². The zero-order valence-electron chi connectivity index (χ0n) is 11.0. The van der Waals surface area contributed by atoms with Gasteiger partial charge in [-0.05, 0) is 24.6 Å². The van der Waals surface area contributed by atoms with Crippen LogP contribution in [0.1, 0.15) is 18.6 Å². The molecule has 5 nitrogen and oxygen atoms in total. The van der Waals surface area contributed by atoms with Gasteiger partial charge in [-0.15, -0.1) is 0 Å². The second-order valence-electron chi connectivity index (χ2n) is 4.00. The molecule has 0 saturated carbocycles. The first kappa shape index (κ1) is 15.4. The molecule has 0 spiro atoms. The summed E-state index contributed by atoms with van der Waals surface area (Å²) in [4.78, 5) is 11.3. The van der Waals surface area contributed by atoms with Crippen LogP contribution in [0, 0.1) is 5.82 Å². The van der Waals surface area contributed by atoms with Crippen molar-refractivity contribution in [2.45, 2.75) is 13.0 Å². The molecule has 19 heavy (non-hydrogen) atoms. The number of amides is 1. The van der Waals surface area contributed by atoms with Gasteiger partial charge >= 0.3 is 0 Å². The third-order valence-corrected chi connectivity index (χ3v) is 2.43. The second kappa shape index (κ2) is 7.70.